The van der Waals surface area contributed by atoms with Gasteiger partial charge in [0.25, 0.3) is 0 Å². The topological polar surface area (TPSA) is 52.7 Å². The lowest BCUT2D eigenvalue weighted by atomic mass is 9.80. The van der Waals surface area contributed by atoms with Crippen LogP contribution in [0.2, 0.25) is 0 Å². The Kier molecular flexibility index (Phi) is 9.01. The van der Waals surface area contributed by atoms with Crippen molar-refractivity contribution in [3.63, 3.8) is 0 Å². The molecule has 6 heteroatoms. The minimum Gasteiger partial charge on any atom is -0.342 e. The number of nitrogens with zero attached hydrogens (tertiary/aromatic N) is 2. The maximum absolute atomic E-state index is 13.6. The average molecular weight is 496 g/mol. The van der Waals surface area contributed by atoms with Crippen LogP contribution < -0.4 is 5.32 Å². The number of hydrogen-bond acceptors (Lipinski definition) is 4. The molecular weight excluding hydrogens is 454 g/mol. The first-order valence-electron chi connectivity index (χ1n) is 13.4. The SMILES string of the molecule is CC(C)C[C@@H]1NC(=O)C2(CCN(CCCCCc3ccccc3)CC2)N(CCc2cccs2)C1=O. The third kappa shape index (κ3) is 6.53. The van der Waals surface area contributed by atoms with Gasteiger partial charge < -0.3 is 15.1 Å². The molecule has 2 saturated heterocycles. The molecule has 0 unspecified atom stereocenters. The number of amides is 2. The van der Waals surface area contributed by atoms with Crippen molar-refractivity contribution in [3.05, 3.63) is 58.3 Å². The number of aryl methyl sites for hydroxylation is 1. The van der Waals surface area contributed by atoms with Gasteiger partial charge in [0.2, 0.25) is 11.8 Å². The summed E-state index contributed by atoms with van der Waals surface area (Å²) in [5.74, 6) is 0.543. The summed E-state index contributed by atoms with van der Waals surface area (Å²) >= 11 is 1.73. The fraction of sp³-hybridized carbons (Fsp3) is 0.586. The van der Waals surface area contributed by atoms with Crippen molar-refractivity contribution >= 4 is 23.2 Å². The molecule has 0 bridgehead atoms. The largest absolute Gasteiger partial charge is 0.342 e. The normalized spacial score (nSPS) is 20.5. The van der Waals surface area contributed by atoms with E-state index in [1.807, 2.05) is 4.90 Å². The van der Waals surface area contributed by atoms with Gasteiger partial charge >= 0.3 is 0 Å². The van der Waals surface area contributed by atoms with Crippen molar-refractivity contribution in [3.8, 4) is 0 Å². The standard InChI is InChI=1S/C29H41N3O2S/c1-23(2)22-26-27(33)32(18-14-25-13-9-21-35-25)29(28(34)30-26)15-19-31(20-16-29)17-8-4-7-12-24-10-5-3-6-11-24/h3,5-6,9-11,13,21,23,26H,4,7-8,12,14-20,22H2,1-2H3,(H,30,34)/t26-/m0/s1. The highest BCUT2D eigenvalue weighted by atomic mass is 32.1. The fourth-order valence-electron chi connectivity index (χ4n) is 5.64. The predicted molar refractivity (Wildman–Crippen MR) is 144 cm³/mol. The lowest BCUT2D eigenvalue weighted by Gasteiger charge is -2.52. The van der Waals surface area contributed by atoms with Crippen LogP contribution in [0.4, 0.5) is 0 Å². The Bertz CT molecular complexity index is 936. The lowest BCUT2D eigenvalue weighted by Crippen LogP contribution is -2.73. The molecule has 0 radical (unpaired) electrons. The number of benzene rings is 1. The Morgan fingerprint density at radius 1 is 0.971 bits per heavy atom. The van der Waals surface area contributed by atoms with Gasteiger partial charge in [-0.05, 0) is 74.4 Å². The van der Waals surface area contributed by atoms with E-state index < -0.39 is 5.54 Å². The van der Waals surface area contributed by atoms with Crippen LogP contribution in [0.5, 0.6) is 0 Å². The second kappa shape index (κ2) is 12.2. The van der Waals surface area contributed by atoms with Gasteiger partial charge in [-0.3, -0.25) is 9.59 Å². The molecular formula is C29H41N3O2S. The van der Waals surface area contributed by atoms with Gasteiger partial charge in [-0.15, -0.1) is 11.3 Å². The third-order valence-corrected chi connectivity index (χ3v) is 8.58. The van der Waals surface area contributed by atoms with Crippen LogP contribution >= 0.6 is 11.3 Å². The summed E-state index contributed by atoms with van der Waals surface area (Å²) in [5.41, 5.74) is 0.727. The molecule has 1 atom stereocenters. The van der Waals surface area contributed by atoms with Gasteiger partial charge in [0.15, 0.2) is 0 Å². The molecule has 0 aliphatic carbocycles. The summed E-state index contributed by atoms with van der Waals surface area (Å²) in [5, 5.41) is 5.20. The highest BCUT2D eigenvalue weighted by Crippen LogP contribution is 2.34. The zero-order valence-electron chi connectivity index (χ0n) is 21.4. The number of rotatable bonds is 11. The second-order valence-corrected chi connectivity index (χ2v) is 11.7. The van der Waals surface area contributed by atoms with Gasteiger partial charge in [0.1, 0.15) is 11.6 Å². The Labute approximate surface area is 214 Å². The van der Waals surface area contributed by atoms with E-state index in [0.717, 1.165) is 45.3 Å². The van der Waals surface area contributed by atoms with E-state index in [-0.39, 0.29) is 17.9 Å². The Hall–Kier alpha value is -2.18. The molecule has 190 valence electrons. The second-order valence-electron chi connectivity index (χ2n) is 10.6. The lowest BCUT2D eigenvalue weighted by molar-refractivity contribution is -0.161. The first-order valence-corrected chi connectivity index (χ1v) is 14.3. The van der Waals surface area contributed by atoms with E-state index in [9.17, 15) is 9.59 Å². The highest BCUT2D eigenvalue weighted by molar-refractivity contribution is 7.09. The first kappa shape index (κ1) is 25.9. The first-order chi connectivity index (χ1) is 17.0. The molecule has 1 aromatic carbocycles. The Morgan fingerprint density at radius 2 is 1.74 bits per heavy atom. The van der Waals surface area contributed by atoms with E-state index in [2.05, 4.69) is 71.9 Å². The summed E-state index contributed by atoms with van der Waals surface area (Å²) in [6.07, 6.45) is 7.74. The Balaban J connectivity index is 1.32. The van der Waals surface area contributed by atoms with Crippen molar-refractivity contribution < 1.29 is 9.59 Å². The zero-order chi connectivity index (χ0) is 24.7. The van der Waals surface area contributed by atoms with Crippen molar-refractivity contribution in [2.45, 2.75) is 76.8 Å². The number of unbranched alkanes of at least 4 members (excludes halogenated alkanes) is 2. The third-order valence-electron chi connectivity index (χ3n) is 7.64. The van der Waals surface area contributed by atoms with Crippen LogP contribution in [0.25, 0.3) is 0 Å². The summed E-state index contributed by atoms with van der Waals surface area (Å²) in [6.45, 7) is 7.68. The molecule has 5 nitrogen and oxygen atoms in total. The summed E-state index contributed by atoms with van der Waals surface area (Å²) in [7, 11) is 0. The monoisotopic (exact) mass is 495 g/mol. The molecule has 2 amide bonds. The van der Waals surface area contributed by atoms with E-state index >= 15 is 0 Å². The number of nitrogens with one attached hydrogen (secondary N) is 1. The molecule has 2 aliphatic heterocycles. The van der Waals surface area contributed by atoms with Gasteiger partial charge in [0, 0.05) is 24.5 Å². The highest BCUT2D eigenvalue weighted by Gasteiger charge is 2.53. The number of likely N-dealkylation sites (tertiary alicyclic amines) is 1. The molecule has 2 aliphatic rings. The summed E-state index contributed by atoms with van der Waals surface area (Å²) < 4.78 is 0. The molecule has 2 fully saturated rings. The van der Waals surface area contributed by atoms with Gasteiger partial charge in [-0.25, -0.2) is 0 Å². The van der Waals surface area contributed by atoms with Crippen LogP contribution in [0.3, 0.4) is 0 Å². The van der Waals surface area contributed by atoms with Crippen LogP contribution in [-0.2, 0) is 22.4 Å². The van der Waals surface area contributed by atoms with Crippen molar-refractivity contribution in [2.24, 2.45) is 5.92 Å². The van der Waals surface area contributed by atoms with Gasteiger partial charge in [-0.1, -0.05) is 56.7 Å². The molecule has 3 heterocycles. The van der Waals surface area contributed by atoms with Crippen LogP contribution in [0.1, 0.15) is 62.8 Å². The van der Waals surface area contributed by atoms with E-state index in [1.54, 1.807) is 11.3 Å². The van der Waals surface area contributed by atoms with E-state index in [0.29, 0.717) is 18.9 Å². The molecule has 1 spiro atoms. The number of hydrogen-bond donors (Lipinski definition) is 1. The smallest absolute Gasteiger partial charge is 0.246 e. The number of carbonyl (C=O) groups is 2. The average Bonchev–Trinajstić information content (AvgIpc) is 3.37. The molecule has 2 aromatic rings. The summed E-state index contributed by atoms with van der Waals surface area (Å²) in [4.78, 5) is 32.8. The molecule has 1 N–H and O–H groups in total. The Morgan fingerprint density at radius 3 is 2.43 bits per heavy atom. The molecule has 4 rings (SSSR count). The maximum atomic E-state index is 13.6. The van der Waals surface area contributed by atoms with E-state index in [1.165, 1.54) is 29.7 Å². The quantitative estimate of drug-likeness (QED) is 0.451. The maximum Gasteiger partial charge on any atom is 0.246 e. The van der Waals surface area contributed by atoms with Crippen LogP contribution in [-0.4, -0.2) is 59.4 Å². The van der Waals surface area contributed by atoms with Crippen LogP contribution in [0, 0.1) is 5.92 Å². The predicted octanol–water partition coefficient (Wildman–Crippen LogP) is 4.91. The minimum atomic E-state index is -0.689. The van der Waals surface area contributed by atoms with Gasteiger partial charge in [0.05, 0.1) is 0 Å². The number of piperazine rings is 1. The molecule has 35 heavy (non-hydrogen) atoms. The molecule has 0 saturated carbocycles. The van der Waals surface area contributed by atoms with E-state index in [4.69, 9.17) is 0 Å². The van der Waals surface area contributed by atoms with Gasteiger partial charge in [-0.2, -0.15) is 0 Å². The minimum absolute atomic E-state index is 0.0661. The van der Waals surface area contributed by atoms with Crippen molar-refractivity contribution in [1.82, 2.24) is 15.1 Å². The summed E-state index contributed by atoms with van der Waals surface area (Å²) in [6, 6.07) is 14.5. The van der Waals surface area contributed by atoms with Crippen molar-refractivity contribution in [1.29, 1.82) is 0 Å². The van der Waals surface area contributed by atoms with Crippen molar-refractivity contribution in [2.75, 3.05) is 26.2 Å². The number of piperidine rings is 1. The zero-order valence-corrected chi connectivity index (χ0v) is 22.2. The van der Waals surface area contributed by atoms with Crippen LogP contribution in [0.15, 0.2) is 47.8 Å². The number of carbonyl (C=O) groups excluding carboxylic acids is 2. The number of thiophene rings is 1. The molecule has 1 aromatic heterocycles. The fourth-order valence-corrected chi connectivity index (χ4v) is 6.34.